The van der Waals surface area contributed by atoms with Gasteiger partial charge in [0.15, 0.2) is 0 Å². The Kier molecular flexibility index (Phi) is 5.36. The van der Waals surface area contributed by atoms with E-state index in [1.54, 1.807) is 0 Å². The summed E-state index contributed by atoms with van der Waals surface area (Å²) in [7, 11) is 0. The Morgan fingerprint density at radius 2 is 1.85 bits per heavy atom. The van der Waals surface area contributed by atoms with E-state index in [1.807, 2.05) is 0 Å². The highest BCUT2D eigenvalue weighted by atomic mass is 16.6. The molecule has 0 amide bonds. The number of aromatic amines is 1. The van der Waals surface area contributed by atoms with E-state index in [2.05, 4.69) is 15.1 Å². The number of nitrogens with one attached hydrogen (secondary N) is 1. The Labute approximate surface area is 156 Å². The Bertz CT molecular complexity index is 946. The third-order valence-corrected chi connectivity index (χ3v) is 5.60. The molecule has 0 aliphatic heterocycles. The molecule has 2 aromatic rings. The normalized spacial score (nSPS) is 18.6. The fraction of sp³-hybridized carbons (Fsp3) is 0.600. The van der Waals surface area contributed by atoms with Crippen molar-refractivity contribution in [1.82, 2.24) is 9.97 Å². The smallest absolute Gasteiger partial charge is 0.337 e. The van der Waals surface area contributed by atoms with E-state index in [1.165, 1.54) is 31.7 Å². The van der Waals surface area contributed by atoms with Crippen molar-refractivity contribution in [2.75, 3.05) is 0 Å². The number of nitrogens with zero attached hydrogens (tertiary/aromatic N) is 2. The highest BCUT2D eigenvalue weighted by molar-refractivity contribution is 5.84. The van der Waals surface area contributed by atoms with Crippen LogP contribution in [0.1, 0.15) is 69.8 Å². The van der Waals surface area contributed by atoms with Gasteiger partial charge in [0.2, 0.25) is 5.71 Å². The second-order valence-electron chi connectivity index (χ2n) is 7.66. The standard InChI is InChI=1S/C20H25N3O4/c24-16-12-14(11-13-7-3-1-4-8-13)17-18(25)21-20(22-19(17)26-16)27-23-15-9-5-2-6-10-15/h12-13H,1-11H2,(H,21,22,25). The van der Waals surface area contributed by atoms with Crippen LogP contribution in [-0.2, 0) is 6.42 Å². The molecule has 2 aliphatic carbocycles. The van der Waals surface area contributed by atoms with E-state index in [-0.39, 0.29) is 17.3 Å². The molecule has 0 aromatic carbocycles. The van der Waals surface area contributed by atoms with Crippen molar-refractivity contribution in [3.63, 3.8) is 0 Å². The first-order valence-electron chi connectivity index (χ1n) is 9.99. The first-order valence-corrected chi connectivity index (χ1v) is 9.99. The molecule has 2 aromatic heterocycles. The quantitative estimate of drug-likeness (QED) is 0.827. The van der Waals surface area contributed by atoms with Crippen molar-refractivity contribution in [3.05, 3.63) is 32.4 Å². The van der Waals surface area contributed by atoms with E-state index in [0.29, 0.717) is 23.3 Å². The summed E-state index contributed by atoms with van der Waals surface area (Å²) < 4.78 is 5.19. The van der Waals surface area contributed by atoms with Gasteiger partial charge < -0.3 is 9.25 Å². The van der Waals surface area contributed by atoms with Gasteiger partial charge in [-0.3, -0.25) is 9.78 Å². The predicted octanol–water partition coefficient (Wildman–Crippen LogP) is 3.70. The molecule has 0 unspecified atom stereocenters. The summed E-state index contributed by atoms with van der Waals surface area (Å²) in [6.07, 6.45) is 11.8. The second kappa shape index (κ2) is 8.06. The summed E-state index contributed by atoms with van der Waals surface area (Å²) in [4.78, 5) is 36.8. The Morgan fingerprint density at radius 3 is 2.63 bits per heavy atom. The van der Waals surface area contributed by atoms with Crippen molar-refractivity contribution >= 4 is 16.8 Å². The minimum atomic E-state index is -0.490. The van der Waals surface area contributed by atoms with Gasteiger partial charge in [0.25, 0.3) is 5.56 Å². The van der Waals surface area contributed by atoms with Gasteiger partial charge in [0, 0.05) is 6.07 Å². The molecule has 1 N–H and O–H groups in total. The zero-order valence-corrected chi connectivity index (χ0v) is 15.5. The molecular weight excluding hydrogens is 346 g/mol. The highest BCUT2D eigenvalue weighted by Crippen LogP contribution is 2.28. The van der Waals surface area contributed by atoms with Crippen LogP contribution < -0.4 is 16.0 Å². The van der Waals surface area contributed by atoms with Crippen molar-refractivity contribution in [2.24, 2.45) is 11.1 Å². The minimum Gasteiger partial charge on any atom is -0.403 e. The van der Waals surface area contributed by atoms with Gasteiger partial charge in [-0.1, -0.05) is 43.7 Å². The van der Waals surface area contributed by atoms with E-state index in [4.69, 9.17) is 9.25 Å². The van der Waals surface area contributed by atoms with Gasteiger partial charge in [-0.2, -0.15) is 4.98 Å². The van der Waals surface area contributed by atoms with E-state index in [9.17, 15) is 9.59 Å². The number of fused-ring (bicyclic) bond motifs is 1. The summed E-state index contributed by atoms with van der Waals surface area (Å²) in [5.41, 5.74) is 0.865. The molecular formula is C20H25N3O4. The number of oxime groups is 1. The number of H-pyrrole nitrogens is 1. The fourth-order valence-electron chi connectivity index (χ4n) is 4.19. The molecule has 4 rings (SSSR count). The van der Waals surface area contributed by atoms with E-state index < -0.39 is 5.63 Å². The lowest BCUT2D eigenvalue weighted by molar-refractivity contribution is 0.307. The van der Waals surface area contributed by atoms with E-state index in [0.717, 1.165) is 44.2 Å². The van der Waals surface area contributed by atoms with Crippen LogP contribution in [0.5, 0.6) is 6.01 Å². The first kappa shape index (κ1) is 17.9. The lowest BCUT2D eigenvalue weighted by Gasteiger charge is -2.21. The number of aromatic nitrogens is 2. The van der Waals surface area contributed by atoms with Crippen LogP contribution in [0.2, 0.25) is 0 Å². The summed E-state index contributed by atoms with van der Waals surface area (Å²) in [6.45, 7) is 0. The Hall–Kier alpha value is -2.44. The molecule has 2 heterocycles. The fourth-order valence-corrected chi connectivity index (χ4v) is 4.19. The lowest BCUT2D eigenvalue weighted by atomic mass is 9.84. The summed E-state index contributed by atoms with van der Waals surface area (Å²) in [5.74, 6) is 0.497. The number of hydrogen-bond acceptors (Lipinski definition) is 6. The molecule has 0 radical (unpaired) electrons. The van der Waals surface area contributed by atoms with Gasteiger partial charge in [-0.05, 0) is 43.6 Å². The third kappa shape index (κ3) is 4.28. The van der Waals surface area contributed by atoms with Gasteiger partial charge in [0.05, 0.1) is 5.71 Å². The van der Waals surface area contributed by atoms with Crippen LogP contribution in [0.3, 0.4) is 0 Å². The van der Waals surface area contributed by atoms with Crippen molar-refractivity contribution in [1.29, 1.82) is 0 Å². The molecule has 0 bridgehead atoms. The average Bonchev–Trinajstić information content (AvgIpc) is 2.67. The third-order valence-electron chi connectivity index (χ3n) is 5.60. The largest absolute Gasteiger partial charge is 0.403 e. The predicted molar refractivity (Wildman–Crippen MR) is 102 cm³/mol. The van der Waals surface area contributed by atoms with Crippen LogP contribution in [-0.4, -0.2) is 15.7 Å². The molecule has 0 saturated heterocycles. The zero-order chi connectivity index (χ0) is 18.6. The first-order chi connectivity index (χ1) is 13.2. The molecule has 7 nitrogen and oxygen atoms in total. The van der Waals surface area contributed by atoms with E-state index >= 15 is 0 Å². The maximum Gasteiger partial charge on any atom is 0.337 e. The van der Waals surface area contributed by atoms with Crippen LogP contribution in [0.25, 0.3) is 11.1 Å². The molecule has 27 heavy (non-hydrogen) atoms. The minimum absolute atomic E-state index is 0.0240. The lowest BCUT2D eigenvalue weighted by Crippen LogP contribution is -2.17. The molecule has 2 aliphatic rings. The zero-order valence-electron chi connectivity index (χ0n) is 15.5. The maximum atomic E-state index is 12.6. The van der Waals surface area contributed by atoms with Gasteiger partial charge in [-0.25, -0.2) is 4.79 Å². The topological polar surface area (TPSA) is 97.5 Å². The molecule has 7 heteroatoms. The average molecular weight is 371 g/mol. The van der Waals surface area contributed by atoms with Gasteiger partial charge in [-0.15, -0.1) is 0 Å². The van der Waals surface area contributed by atoms with Crippen molar-refractivity contribution in [3.8, 4) is 6.01 Å². The van der Waals surface area contributed by atoms with Crippen LogP contribution >= 0.6 is 0 Å². The molecule has 2 saturated carbocycles. The monoisotopic (exact) mass is 371 g/mol. The Balaban J connectivity index is 1.63. The molecule has 0 atom stereocenters. The SMILES string of the molecule is O=c1cc(CC2CCCCC2)c2c(=O)[nH]c(ON=C3CCCCC3)nc2o1. The summed E-state index contributed by atoms with van der Waals surface area (Å²) in [5, 5.41) is 4.45. The highest BCUT2D eigenvalue weighted by Gasteiger charge is 2.19. The number of hydrogen-bond donors (Lipinski definition) is 1. The second-order valence-corrected chi connectivity index (χ2v) is 7.66. The summed E-state index contributed by atoms with van der Waals surface area (Å²) >= 11 is 0. The van der Waals surface area contributed by atoms with Crippen molar-refractivity contribution in [2.45, 2.75) is 70.6 Å². The maximum absolute atomic E-state index is 12.6. The van der Waals surface area contributed by atoms with Crippen LogP contribution in [0.4, 0.5) is 0 Å². The summed E-state index contributed by atoms with van der Waals surface area (Å²) in [6, 6.07) is 1.39. The molecule has 144 valence electrons. The Morgan fingerprint density at radius 1 is 1.11 bits per heavy atom. The molecule has 2 fully saturated rings. The number of rotatable bonds is 4. The van der Waals surface area contributed by atoms with Crippen molar-refractivity contribution < 1.29 is 9.25 Å². The van der Waals surface area contributed by atoms with Gasteiger partial charge >= 0.3 is 11.6 Å². The molecule has 0 spiro atoms. The van der Waals surface area contributed by atoms with Crippen LogP contribution in [0, 0.1) is 5.92 Å². The van der Waals surface area contributed by atoms with Gasteiger partial charge in [0.1, 0.15) is 5.39 Å². The van der Waals surface area contributed by atoms with Crippen LogP contribution in [0.15, 0.2) is 25.2 Å².